The van der Waals surface area contributed by atoms with Crippen molar-refractivity contribution in [3.05, 3.63) is 23.8 Å². The molecule has 0 saturated carbocycles. The minimum atomic E-state index is -0.414. The van der Waals surface area contributed by atoms with Crippen LogP contribution in [0.1, 0.15) is 18.9 Å². The Kier molecular flexibility index (Phi) is 3.69. The number of amides is 1. The maximum Gasteiger partial charge on any atom is 0.407 e. The van der Waals surface area contributed by atoms with Crippen molar-refractivity contribution >= 4 is 6.09 Å². The van der Waals surface area contributed by atoms with Gasteiger partial charge in [0.1, 0.15) is 0 Å². The lowest BCUT2D eigenvalue weighted by molar-refractivity contribution is 0.145. The number of para-hydroxylation sites is 1. The Morgan fingerprint density at radius 1 is 1.47 bits per heavy atom. The highest BCUT2D eigenvalue weighted by atomic mass is 16.7. The highest BCUT2D eigenvalue weighted by molar-refractivity contribution is 5.67. The Hall–Kier alpha value is -1.91. The van der Waals surface area contributed by atoms with E-state index in [1.165, 1.54) is 0 Å². The van der Waals surface area contributed by atoms with Gasteiger partial charge in [-0.15, -0.1) is 0 Å². The first-order valence-corrected chi connectivity index (χ1v) is 5.59. The lowest BCUT2D eigenvalue weighted by Gasteiger charge is -2.08. The summed E-state index contributed by atoms with van der Waals surface area (Å²) in [5, 5.41) is 2.67. The monoisotopic (exact) mass is 237 g/mol. The maximum absolute atomic E-state index is 11.3. The number of carbonyl (C=O) groups is 1. The lowest BCUT2D eigenvalue weighted by Crippen LogP contribution is -2.24. The van der Waals surface area contributed by atoms with Crippen molar-refractivity contribution in [1.82, 2.24) is 5.32 Å². The molecule has 17 heavy (non-hydrogen) atoms. The van der Waals surface area contributed by atoms with E-state index >= 15 is 0 Å². The van der Waals surface area contributed by atoms with Gasteiger partial charge in [-0.1, -0.05) is 19.1 Å². The molecule has 92 valence electrons. The molecule has 0 aliphatic carbocycles. The van der Waals surface area contributed by atoms with Gasteiger partial charge in [0, 0.05) is 12.1 Å². The van der Waals surface area contributed by atoms with Gasteiger partial charge in [0.25, 0.3) is 0 Å². The van der Waals surface area contributed by atoms with Crippen molar-refractivity contribution in [2.75, 3.05) is 13.4 Å². The summed E-state index contributed by atoms with van der Waals surface area (Å²) in [7, 11) is 0. The quantitative estimate of drug-likeness (QED) is 0.870. The number of ether oxygens (including phenoxy) is 3. The third kappa shape index (κ3) is 2.81. The second kappa shape index (κ2) is 5.43. The summed E-state index contributed by atoms with van der Waals surface area (Å²) >= 11 is 0. The highest BCUT2D eigenvalue weighted by Gasteiger charge is 2.17. The minimum Gasteiger partial charge on any atom is -0.454 e. The van der Waals surface area contributed by atoms with Crippen LogP contribution in [-0.2, 0) is 11.3 Å². The van der Waals surface area contributed by atoms with Crippen LogP contribution >= 0.6 is 0 Å². The Morgan fingerprint density at radius 2 is 2.35 bits per heavy atom. The third-order valence-electron chi connectivity index (χ3n) is 2.34. The van der Waals surface area contributed by atoms with Crippen molar-refractivity contribution in [3.63, 3.8) is 0 Å². The molecule has 1 amide bonds. The molecule has 0 radical (unpaired) electrons. The molecule has 0 unspecified atom stereocenters. The second-order valence-electron chi connectivity index (χ2n) is 3.64. The molecule has 2 rings (SSSR count). The molecule has 5 heteroatoms. The van der Waals surface area contributed by atoms with E-state index in [0.717, 1.165) is 12.0 Å². The van der Waals surface area contributed by atoms with Crippen LogP contribution in [0.15, 0.2) is 18.2 Å². The van der Waals surface area contributed by atoms with Crippen molar-refractivity contribution in [1.29, 1.82) is 0 Å². The van der Waals surface area contributed by atoms with Gasteiger partial charge in [-0.3, -0.25) is 0 Å². The van der Waals surface area contributed by atoms with E-state index in [0.29, 0.717) is 24.7 Å². The van der Waals surface area contributed by atoms with Crippen LogP contribution < -0.4 is 14.8 Å². The van der Waals surface area contributed by atoms with E-state index in [1.807, 2.05) is 25.1 Å². The predicted octanol–water partition coefficient (Wildman–Crippen LogP) is 2.05. The topological polar surface area (TPSA) is 56.8 Å². The molecule has 1 aromatic carbocycles. The van der Waals surface area contributed by atoms with E-state index in [4.69, 9.17) is 14.2 Å². The predicted molar refractivity (Wildman–Crippen MR) is 61.0 cm³/mol. The van der Waals surface area contributed by atoms with Crippen molar-refractivity contribution < 1.29 is 19.0 Å². The van der Waals surface area contributed by atoms with Gasteiger partial charge in [0.15, 0.2) is 11.5 Å². The largest absolute Gasteiger partial charge is 0.454 e. The number of rotatable bonds is 4. The molecule has 0 bridgehead atoms. The fourth-order valence-electron chi connectivity index (χ4n) is 1.54. The highest BCUT2D eigenvalue weighted by Crippen LogP contribution is 2.35. The fourth-order valence-corrected chi connectivity index (χ4v) is 1.54. The number of hydrogen-bond donors (Lipinski definition) is 1. The van der Waals surface area contributed by atoms with Gasteiger partial charge in [-0.2, -0.15) is 0 Å². The fraction of sp³-hybridized carbons (Fsp3) is 0.417. The Balaban J connectivity index is 1.91. The summed E-state index contributed by atoms with van der Waals surface area (Å²) < 4.78 is 15.5. The molecule has 0 spiro atoms. The van der Waals surface area contributed by atoms with Crippen molar-refractivity contribution in [2.24, 2.45) is 0 Å². The average molecular weight is 237 g/mol. The number of fused-ring (bicyclic) bond motifs is 1. The molecular formula is C12H15NO4. The Labute approximate surface area is 99.7 Å². The van der Waals surface area contributed by atoms with Crippen LogP contribution in [0, 0.1) is 0 Å². The molecule has 0 aromatic heterocycles. The van der Waals surface area contributed by atoms with Gasteiger partial charge in [0.05, 0.1) is 6.61 Å². The second-order valence-corrected chi connectivity index (χ2v) is 3.64. The van der Waals surface area contributed by atoms with Crippen molar-refractivity contribution in [3.8, 4) is 11.5 Å². The van der Waals surface area contributed by atoms with Gasteiger partial charge in [-0.25, -0.2) is 4.79 Å². The van der Waals surface area contributed by atoms with Gasteiger partial charge >= 0.3 is 6.09 Å². The van der Waals surface area contributed by atoms with E-state index in [9.17, 15) is 4.79 Å². The summed E-state index contributed by atoms with van der Waals surface area (Å²) in [5.41, 5.74) is 0.883. The zero-order valence-electron chi connectivity index (χ0n) is 9.69. The molecule has 0 fully saturated rings. The summed E-state index contributed by atoms with van der Waals surface area (Å²) in [6.07, 6.45) is 0.397. The molecule has 1 heterocycles. The standard InChI is InChI=1S/C12H15NO4/c1-2-6-15-12(14)13-7-9-4-3-5-10-11(9)17-8-16-10/h3-5H,2,6-8H2,1H3,(H,13,14). The minimum absolute atomic E-state index is 0.229. The normalized spacial score (nSPS) is 12.3. The van der Waals surface area contributed by atoms with Crippen LogP contribution in [0.25, 0.3) is 0 Å². The van der Waals surface area contributed by atoms with E-state index in [1.54, 1.807) is 0 Å². The zero-order valence-corrected chi connectivity index (χ0v) is 9.69. The molecule has 0 saturated heterocycles. The lowest BCUT2D eigenvalue weighted by atomic mass is 10.2. The molecule has 0 atom stereocenters. The molecule has 1 aliphatic heterocycles. The number of alkyl carbamates (subject to hydrolysis) is 1. The van der Waals surface area contributed by atoms with Crippen LogP contribution in [0.5, 0.6) is 11.5 Å². The summed E-state index contributed by atoms with van der Waals surface area (Å²) in [6, 6.07) is 5.58. The van der Waals surface area contributed by atoms with Gasteiger partial charge < -0.3 is 19.5 Å². The first kappa shape index (κ1) is 11.6. The summed E-state index contributed by atoms with van der Waals surface area (Å²) in [4.78, 5) is 11.3. The molecule has 1 N–H and O–H groups in total. The first-order valence-electron chi connectivity index (χ1n) is 5.59. The summed E-state index contributed by atoms with van der Waals surface area (Å²) in [6.45, 7) is 2.97. The molecule has 1 aromatic rings. The van der Waals surface area contributed by atoms with Gasteiger partial charge in [0.2, 0.25) is 6.79 Å². The van der Waals surface area contributed by atoms with Gasteiger partial charge in [-0.05, 0) is 12.5 Å². The zero-order chi connectivity index (χ0) is 12.1. The number of carbonyl (C=O) groups excluding carboxylic acids is 1. The smallest absolute Gasteiger partial charge is 0.407 e. The van der Waals surface area contributed by atoms with Crippen LogP contribution in [0.4, 0.5) is 4.79 Å². The Morgan fingerprint density at radius 3 is 3.18 bits per heavy atom. The number of nitrogens with one attached hydrogen (secondary N) is 1. The molecule has 1 aliphatic rings. The molecule has 5 nitrogen and oxygen atoms in total. The maximum atomic E-state index is 11.3. The summed E-state index contributed by atoms with van der Waals surface area (Å²) in [5.74, 6) is 1.41. The average Bonchev–Trinajstić information content (AvgIpc) is 2.82. The van der Waals surface area contributed by atoms with Crippen LogP contribution in [-0.4, -0.2) is 19.5 Å². The number of hydrogen-bond acceptors (Lipinski definition) is 4. The van der Waals surface area contributed by atoms with E-state index in [2.05, 4.69) is 5.32 Å². The van der Waals surface area contributed by atoms with E-state index in [-0.39, 0.29) is 6.79 Å². The number of benzene rings is 1. The third-order valence-corrected chi connectivity index (χ3v) is 2.34. The van der Waals surface area contributed by atoms with Crippen LogP contribution in [0.3, 0.4) is 0 Å². The van der Waals surface area contributed by atoms with Crippen LogP contribution in [0.2, 0.25) is 0 Å². The SMILES string of the molecule is CCCOC(=O)NCc1cccc2c1OCO2. The molecular weight excluding hydrogens is 222 g/mol. The first-order chi connectivity index (χ1) is 8.31. The van der Waals surface area contributed by atoms with E-state index < -0.39 is 6.09 Å². The Bertz CT molecular complexity index is 405. The van der Waals surface area contributed by atoms with Crippen molar-refractivity contribution in [2.45, 2.75) is 19.9 Å².